The first-order valence-corrected chi connectivity index (χ1v) is 6.78. The third-order valence-electron chi connectivity index (χ3n) is 3.77. The number of nitrogens with zero attached hydrogens (tertiary/aromatic N) is 3. The van der Waals surface area contributed by atoms with Gasteiger partial charge in [-0.15, -0.1) is 0 Å². The summed E-state index contributed by atoms with van der Waals surface area (Å²) in [7, 11) is 0. The van der Waals surface area contributed by atoms with E-state index in [2.05, 4.69) is 32.4 Å². The van der Waals surface area contributed by atoms with Crippen LogP contribution >= 0.6 is 0 Å². The van der Waals surface area contributed by atoms with Crippen LogP contribution in [0.4, 0.5) is 5.82 Å². The van der Waals surface area contributed by atoms with Gasteiger partial charge >= 0.3 is 0 Å². The van der Waals surface area contributed by atoms with Crippen LogP contribution < -0.4 is 5.32 Å². The van der Waals surface area contributed by atoms with Crippen molar-refractivity contribution in [2.24, 2.45) is 0 Å². The molecular formula is C16H14N4. The molecule has 2 aromatic heterocycles. The summed E-state index contributed by atoms with van der Waals surface area (Å²) in [5, 5.41) is 4.60. The lowest BCUT2D eigenvalue weighted by Gasteiger charge is -2.07. The van der Waals surface area contributed by atoms with Crippen molar-refractivity contribution >= 4 is 16.7 Å². The lowest BCUT2D eigenvalue weighted by atomic mass is 10.2. The molecule has 0 unspecified atom stereocenters. The zero-order chi connectivity index (χ0) is 13.4. The fourth-order valence-electron chi connectivity index (χ4n) is 2.61. The quantitative estimate of drug-likeness (QED) is 0.788. The van der Waals surface area contributed by atoms with Gasteiger partial charge in [-0.3, -0.25) is 4.98 Å². The zero-order valence-electron chi connectivity index (χ0n) is 10.9. The van der Waals surface area contributed by atoms with Gasteiger partial charge in [-0.1, -0.05) is 18.2 Å². The molecule has 1 aliphatic rings. The summed E-state index contributed by atoms with van der Waals surface area (Å²) in [4.78, 5) is 12.8. The maximum Gasteiger partial charge on any atom is 0.137 e. The van der Waals surface area contributed by atoms with E-state index in [0.29, 0.717) is 12.0 Å². The fourth-order valence-corrected chi connectivity index (χ4v) is 2.61. The van der Waals surface area contributed by atoms with Gasteiger partial charge in [0.25, 0.3) is 0 Å². The number of hydrogen-bond donors (Lipinski definition) is 1. The summed E-state index contributed by atoms with van der Waals surface area (Å²) >= 11 is 0. The second kappa shape index (κ2) is 4.56. The van der Waals surface area contributed by atoms with Gasteiger partial charge < -0.3 is 5.32 Å². The van der Waals surface area contributed by atoms with E-state index in [4.69, 9.17) is 0 Å². The molecule has 0 bridgehead atoms. The number of anilines is 1. The van der Waals surface area contributed by atoms with Gasteiger partial charge in [-0.2, -0.15) is 0 Å². The van der Waals surface area contributed by atoms with Crippen molar-refractivity contribution in [2.75, 3.05) is 5.32 Å². The number of hydrogen-bond acceptors (Lipinski definition) is 4. The van der Waals surface area contributed by atoms with Crippen LogP contribution in [0.2, 0.25) is 0 Å². The molecule has 4 heteroatoms. The molecule has 3 aromatic rings. The molecule has 4 rings (SSSR count). The summed E-state index contributed by atoms with van der Waals surface area (Å²) in [5.41, 5.74) is 2.27. The molecular weight excluding hydrogens is 248 g/mol. The second-order valence-corrected chi connectivity index (χ2v) is 5.12. The topological polar surface area (TPSA) is 50.7 Å². The van der Waals surface area contributed by atoms with Crippen LogP contribution in [0.5, 0.6) is 0 Å². The van der Waals surface area contributed by atoms with Gasteiger partial charge in [0.15, 0.2) is 0 Å². The highest BCUT2D eigenvalue weighted by atomic mass is 15.1. The Kier molecular flexibility index (Phi) is 2.59. The van der Waals surface area contributed by atoms with E-state index in [9.17, 15) is 0 Å². The van der Waals surface area contributed by atoms with Gasteiger partial charge in [0.2, 0.25) is 0 Å². The Morgan fingerprint density at radius 2 is 2.00 bits per heavy atom. The fraction of sp³-hybridized carbons (Fsp3) is 0.188. The van der Waals surface area contributed by atoms with E-state index in [-0.39, 0.29) is 0 Å². The minimum absolute atomic E-state index is 0.442. The maximum absolute atomic E-state index is 4.38. The summed E-state index contributed by atoms with van der Waals surface area (Å²) < 4.78 is 0. The summed E-state index contributed by atoms with van der Waals surface area (Å²) in [6.45, 7) is 0. The molecule has 2 heterocycles. The van der Waals surface area contributed by atoms with Gasteiger partial charge in [0.05, 0.1) is 5.52 Å². The highest BCUT2D eigenvalue weighted by Crippen LogP contribution is 2.42. The van der Waals surface area contributed by atoms with E-state index >= 15 is 0 Å². The van der Waals surface area contributed by atoms with Gasteiger partial charge in [0, 0.05) is 29.7 Å². The van der Waals surface area contributed by atoms with E-state index < -0.39 is 0 Å². The van der Waals surface area contributed by atoms with Crippen LogP contribution in [0.15, 0.2) is 55.1 Å². The number of fused-ring (bicyclic) bond motifs is 1. The molecule has 1 saturated carbocycles. The van der Waals surface area contributed by atoms with Crippen molar-refractivity contribution in [3.8, 4) is 0 Å². The predicted molar refractivity (Wildman–Crippen MR) is 78.5 cm³/mol. The molecule has 1 aromatic carbocycles. The molecule has 0 radical (unpaired) electrons. The molecule has 4 nitrogen and oxygen atoms in total. The summed E-state index contributed by atoms with van der Waals surface area (Å²) in [5.74, 6) is 1.46. The third kappa shape index (κ3) is 1.99. The molecule has 1 N–H and O–H groups in total. The molecule has 1 aliphatic carbocycles. The Morgan fingerprint density at radius 3 is 2.90 bits per heavy atom. The van der Waals surface area contributed by atoms with E-state index in [1.165, 1.54) is 5.56 Å². The molecule has 0 spiro atoms. The van der Waals surface area contributed by atoms with E-state index in [1.807, 2.05) is 36.7 Å². The Balaban J connectivity index is 1.58. The number of nitrogens with one attached hydrogen (secondary N) is 1. The smallest absolute Gasteiger partial charge is 0.137 e. The first-order valence-electron chi connectivity index (χ1n) is 6.78. The minimum Gasteiger partial charge on any atom is -0.366 e. The van der Waals surface area contributed by atoms with Crippen molar-refractivity contribution in [1.29, 1.82) is 0 Å². The van der Waals surface area contributed by atoms with E-state index in [1.54, 1.807) is 6.33 Å². The molecule has 2 atom stereocenters. The Labute approximate surface area is 116 Å². The number of aromatic nitrogens is 3. The minimum atomic E-state index is 0.442. The zero-order valence-corrected chi connectivity index (χ0v) is 10.9. The molecule has 20 heavy (non-hydrogen) atoms. The lowest BCUT2D eigenvalue weighted by Crippen LogP contribution is -2.06. The number of pyridine rings is 1. The lowest BCUT2D eigenvalue weighted by molar-refractivity contribution is 1.02. The normalized spacial score (nSPS) is 20.8. The van der Waals surface area contributed by atoms with Gasteiger partial charge in [-0.25, -0.2) is 9.97 Å². The molecule has 98 valence electrons. The molecule has 0 aliphatic heterocycles. The number of rotatable bonds is 3. The Hall–Kier alpha value is -2.49. The Morgan fingerprint density at radius 1 is 1.05 bits per heavy atom. The van der Waals surface area contributed by atoms with Crippen molar-refractivity contribution in [2.45, 2.75) is 18.4 Å². The molecule has 0 saturated heterocycles. The van der Waals surface area contributed by atoms with Crippen molar-refractivity contribution in [3.05, 3.63) is 60.7 Å². The van der Waals surface area contributed by atoms with Crippen LogP contribution in [0, 0.1) is 0 Å². The highest BCUT2D eigenvalue weighted by molar-refractivity contribution is 5.88. The highest BCUT2D eigenvalue weighted by Gasteiger charge is 2.38. The van der Waals surface area contributed by atoms with Crippen LogP contribution in [0.1, 0.15) is 17.9 Å². The largest absolute Gasteiger partial charge is 0.366 e. The van der Waals surface area contributed by atoms with Crippen molar-refractivity contribution < 1.29 is 0 Å². The van der Waals surface area contributed by atoms with E-state index in [0.717, 1.165) is 23.1 Å². The first kappa shape index (κ1) is 11.3. The summed E-state index contributed by atoms with van der Waals surface area (Å²) in [6, 6.07) is 12.6. The van der Waals surface area contributed by atoms with Crippen LogP contribution in [0.25, 0.3) is 10.9 Å². The van der Waals surface area contributed by atoms with Crippen LogP contribution in [0.3, 0.4) is 0 Å². The average Bonchev–Trinajstić information content (AvgIpc) is 3.28. The van der Waals surface area contributed by atoms with Crippen LogP contribution in [-0.2, 0) is 0 Å². The SMILES string of the molecule is c1cncc([C@H]2C[C@@H]2Nc2ncnc3ccccc23)c1. The van der Waals surface area contributed by atoms with Gasteiger partial charge in [0.1, 0.15) is 12.1 Å². The number of para-hydroxylation sites is 1. The maximum atomic E-state index is 4.38. The Bertz CT molecular complexity index is 736. The second-order valence-electron chi connectivity index (χ2n) is 5.12. The average molecular weight is 262 g/mol. The first-order chi connectivity index (χ1) is 9.92. The molecule has 0 amide bonds. The third-order valence-corrected chi connectivity index (χ3v) is 3.77. The summed E-state index contributed by atoms with van der Waals surface area (Å²) in [6.07, 6.45) is 6.51. The standard InChI is InChI=1S/C16H14N4/c1-2-6-14-12(5-1)16(19-10-18-14)20-15-8-13(15)11-4-3-7-17-9-11/h1-7,9-10,13,15H,8H2,(H,18,19,20)/t13-,15+/m1/s1. The van der Waals surface area contributed by atoms with Gasteiger partial charge in [-0.05, 0) is 30.2 Å². The van der Waals surface area contributed by atoms with Crippen molar-refractivity contribution in [3.63, 3.8) is 0 Å². The number of benzene rings is 1. The van der Waals surface area contributed by atoms with Crippen molar-refractivity contribution in [1.82, 2.24) is 15.0 Å². The monoisotopic (exact) mass is 262 g/mol. The molecule has 1 fully saturated rings. The van der Waals surface area contributed by atoms with Crippen LogP contribution in [-0.4, -0.2) is 21.0 Å². The predicted octanol–water partition coefficient (Wildman–Crippen LogP) is 2.99.